The Kier molecular flexibility index (Phi) is 6.35. The molecule has 2 aromatic carbocycles. The number of carbonyl (C=O) groups excluding carboxylic acids is 3. The first-order valence-corrected chi connectivity index (χ1v) is 12.1. The molecule has 1 saturated heterocycles. The molecule has 2 aliphatic rings. The number of benzene rings is 2. The Hall–Kier alpha value is -3.94. The summed E-state index contributed by atoms with van der Waals surface area (Å²) in [7, 11) is 0. The highest BCUT2D eigenvalue weighted by molar-refractivity contribution is 6.07. The van der Waals surface area contributed by atoms with Crippen LogP contribution in [0.3, 0.4) is 0 Å². The molecular weight excluding hydrogens is 442 g/mol. The lowest BCUT2D eigenvalue weighted by atomic mass is 9.98. The van der Waals surface area contributed by atoms with Crippen LogP contribution in [-0.2, 0) is 22.7 Å². The maximum absolute atomic E-state index is 12.8. The summed E-state index contributed by atoms with van der Waals surface area (Å²) in [5.41, 5.74) is 3.54. The van der Waals surface area contributed by atoms with Crippen molar-refractivity contribution in [1.82, 2.24) is 25.3 Å². The third-order valence-electron chi connectivity index (χ3n) is 6.93. The van der Waals surface area contributed by atoms with E-state index >= 15 is 0 Å². The van der Waals surface area contributed by atoms with Gasteiger partial charge in [0.1, 0.15) is 5.54 Å². The molecule has 0 atom stereocenters. The molecule has 8 nitrogen and oxygen atoms in total. The second-order valence-corrected chi connectivity index (χ2v) is 9.26. The van der Waals surface area contributed by atoms with Crippen LogP contribution in [0.4, 0.5) is 4.79 Å². The zero-order valence-electron chi connectivity index (χ0n) is 19.6. The Balaban J connectivity index is 1.17. The lowest BCUT2D eigenvalue weighted by Gasteiger charge is -2.20. The number of amides is 4. The average Bonchev–Trinajstić information content (AvgIpc) is 3.60. The van der Waals surface area contributed by atoms with Gasteiger partial charge >= 0.3 is 6.03 Å². The number of nitrogens with one attached hydrogen (secondary N) is 2. The normalized spacial score (nSPS) is 16.6. The number of nitrogens with zero attached hydrogens (tertiary/aromatic N) is 3. The molecule has 4 amide bonds. The molecule has 1 aliphatic heterocycles. The lowest BCUT2D eigenvalue weighted by molar-refractivity contribution is -0.131. The molecule has 1 aliphatic carbocycles. The van der Waals surface area contributed by atoms with Crippen LogP contribution >= 0.6 is 0 Å². The van der Waals surface area contributed by atoms with Gasteiger partial charge in [-0.2, -0.15) is 5.10 Å². The number of imide groups is 1. The molecular formula is C27H29N5O3. The molecule has 35 heavy (non-hydrogen) atoms. The van der Waals surface area contributed by atoms with Gasteiger partial charge in [-0.1, -0.05) is 61.4 Å². The van der Waals surface area contributed by atoms with E-state index in [4.69, 9.17) is 0 Å². The minimum absolute atomic E-state index is 0.0829. The highest BCUT2D eigenvalue weighted by Gasteiger charge is 2.52. The summed E-state index contributed by atoms with van der Waals surface area (Å²) in [6.45, 7) is 1.18. The van der Waals surface area contributed by atoms with Gasteiger partial charge in [0.15, 0.2) is 0 Å². The molecule has 8 heteroatoms. The van der Waals surface area contributed by atoms with Crippen LogP contribution in [0.1, 0.15) is 43.2 Å². The Bertz CT molecular complexity index is 1210. The zero-order valence-corrected chi connectivity index (χ0v) is 19.6. The fourth-order valence-electron chi connectivity index (χ4n) is 5.02. The second kappa shape index (κ2) is 9.74. The van der Waals surface area contributed by atoms with Crippen molar-refractivity contribution in [1.29, 1.82) is 0 Å². The van der Waals surface area contributed by atoms with E-state index in [1.54, 1.807) is 6.20 Å². The third-order valence-corrected chi connectivity index (χ3v) is 6.93. The zero-order chi connectivity index (χ0) is 24.3. The largest absolute Gasteiger partial charge is 0.352 e. The predicted molar refractivity (Wildman–Crippen MR) is 131 cm³/mol. The lowest BCUT2D eigenvalue weighted by Crippen LogP contribution is -2.44. The predicted octanol–water partition coefficient (Wildman–Crippen LogP) is 3.47. The van der Waals surface area contributed by atoms with E-state index in [0.29, 0.717) is 25.9 Å². The van der Waals surface area contributed by atoms with Crippen LogP contribution in [0, 0.1) is 0 Å². The summed E-state index contributed by atoms with van der Waals surface area (Å²) in [6.07, 6.45) is 7.02. The van der Waals surface area contributed by atoms with Gasteiger partial charge in [-0.3, -0.25) is 19.2 Å². The molecule has 2 N–H and O–H groups in total. The third kappa shape index (κ3) is 4.82. The minimum Gasteiger partial charge on any atom is -0.352 e. The standard InChI is InChI=1S/C27H29N5O3/c33-24(12-17-32-25(34)27(30-26(32)35)13-3-4-14-27)28-18-22-6-1-2-7-23(22)21-10-8-20(9-11-21)19-31-16-5-15-29-31/h1-2,5-11,15-16H,3-4,12-14,17-19H2,(H,28,33)(H,30,35). The van der Waals surface area contributed by atoms with Crippen molar-refractivity contribution in [3.63, 3.8) is 0 Å². The molecule has 0 unspecified atom stereocenters. The summed E-state index contributed by atoms with van der Waals surface area (Å²) < 4.78 is 1.88. The molecule has 0 radical (unpaired) electrons. The van der Waals surface area contributed by atoms with Crippen molar-refractivity contribution in [2.45, 2.75) is 50.7 Å². The Morgan fingerprint density at radius 2 is 1.80 bits per heavy atom. The van der Waals surface area contributed by atoms with Crippen LogP contribution in [0.15, 0.2) is 67.0 Å². The Morgan fingerprint density at radius 3 is 2.54 bits per heavy atom. The fraction of sp³-hybridized carbons (Fsp3) is 0.333. The Labute approximate surface area is 204 Å². The molecule has 180 valence electrons. The smallest absolute Gasteiger partial charge is 0.325 e. The second-order valence-electron chi connectivity index (χ2n) is 9.26. The number of carbonyl (C=O) groups is 3. The summed E-state index contributed by atoms with van der Waals surface area (Å²) in [6, 6.07) is 17.8. The molecule has 1 saturated carbocycles. The first-order chi connectivity index (χ1) is 17.0. The SMILES string of the molecule is O=C(CCN1C(=O)NC2(CCCC2)C1=O)NCc1ccccc1-c1ccc(Cn2cccn2)cc1. The topological polar surface area (TPSA) is 96.3 Å². The number of urea groups is 1. The van der Waals surface area contributed by atoms with E-state index in [1.807, 2.05) is 41.2 Å². The van der Waals surface area contributed by atoms with Crippen LogP contribution in [-0.4, -0.2) is 44.6 Å². The van der Waals surface area contributed by atoms with Crippen molar-refractivity contribution in [3.8, 4) is 11.1 Å². The van der Waals surface area contributed by atoms with Crippen molar-refractivity contribution in [2.75, 3.05) is 6.54 Å². The maximum atomic E-state index is 12.8. The van der Waals surface area contributed by atoms with Crippen LogP contribution in [0.2, 0.25) is 0 Å². The molecule has 3 aromatic rings. The summed E-state index contributed by atoms with van der Waals surface area (Å²) >= 11 is 0. The number of rotatable bonds is 8. The summed E-state index contributed by atoms with van der Waals surface area (Å²) in [5.74, 6) is -0.378. The maximum Gasteiger partial charge on any atom is 0.325 e. The van der Waals surface area contributed by atoms with Gasteiger partial charge < -0.3 is 10.6 Å². The first-order valence-electron chi connectivity index (χ1n) is 12.1. The van der Waals surface area contributed by atoms with Gasteiger partial charge in [-0.15, -0.1) is 0 Å². The van der Waals surface area contributed by atoms with E-state index in [2.05, 4.69) is 40.0 Å². The van der Waals surface area contributed by atoms with Crippen LogP contribution in [0.5, 0.6) is 0 Å². The van der Waals surface area contributed by atoms with Crippen LogP contribution < -0.4 is 10.6 Å². The highest BCUT2D eigenvalue weighted by Crippen LogP contribution is 2.35. The van der Waals surface area contributed by atoms with Crippen molar-refractivity contribution in [2.24, 2.45) is 0 Å². The van der Waals surface area contributed by atoms with E-state index in [1.165, 1.54) is 4.90 Å². The van der Waals surface area contributed by atoms with Crippen molar-refractivity contribution >= 4 is 17.8 Å². The van der Waals surface area contributed by atoms with Gasteiger partial charge in [0.2, 0.25) is 5.91 Å². The van der Waals surface area contributed by atoms with E-state index < -0.39 is 5.54 Å². The molecule has 1 spiro atoms. The summed E-state index contributed by atoms with van der Waals surface area (Å²) in [4.78, 5) is 38.8. The Morgan fingerprint density at radius 1 is 1.03 bits per heavy atom. The monoisotopic (exact) mass is 471 g/mol. The van der Waals surface area contributed by atoms with Gasteiger partial charge in [-0.05, 0) is 41.2 Å². The molecule has 0 bridgehead atoms. The van der Waals surface area contributed by atoms with Gasteiger partial charge in [-0.25, -0.2) is 4.79 Å². The van der Waals surface area contributed by atoms with Crippen LogP contribution in [0.25, 0.3) is 11.1 Å². The van der Waals surface area contributed by atoms with E-state index in [9.17, 15) is 14.4 Å². The first kappa shape index (κ1) is 22.8. The minimum atomic E-state index is -0.736. The summed E-state index contributed by atoms with van der Waals surface area (Å²) in [5, 5.41) is 10.0. The van der Waals surface area contributed by atoms with Gasteiger partial charge in [0, 0.05) is 31.9 Å². The van der Waals surface area contributed by atoms with E-state index in [-0.39, 0.29) is 30.8 Å². The fourth-order valence-corrected chi connectivity index (χ4v) is 5.02. The molecule has 1 aromatic heterocycles. The van der Waals surface area contributed by atoms with Crippen molar-refractivity contribution < 1.29 is 14.4 Å². The highest BCUT2D eigenvalue weighted by atomic mass is 16.2. The average molecular weight is 472 g/mol. The molecule has 2 heterocycles. The number of hydrogen-bond acceptors (Lipinski definition) is 4. The quantitative estimate of drug-likeness (QED) is 0.492. The molecule has 2 fully saturated rings. The van der Waals surface area contributed by atoms with Crippen molar-refractivity contribution in [3.05, 3.63) is 78.1 Å². The number of aromatic nitrogens is 2. The number of hydrogen-bond donors (Lipinski definition) is 2. The van der Waals surface area contributed by atoms with Gasteiger partial charge in [0.05, 0.1) is 6.54 Å². The van der Waals surface area contributed by atoms with Gasteiger partial charge in [0.25, 0.3) is 5.91 Å². The van der Waals surface area contributed by atoms with E-state index in [0.717, 1.165) is 35.1 Å². The molecule has 5 rings (SSSR count).